The highest BCUT2D eigenvalue weighted by Crippen LogP contribution is 2.09. The quantitative estimate of drug-likeness (QED) is 0.764. The number of aromatic nitrogens is 1. The fourth-order valence-corrected chi connectivity index (χ4v) is 1.89. The Morgan fingerprint density at radius 1 is 1.67 bits per heavy atom. The molecule has 1 aromatic heterocycles. The third-order valence-electron chi connectivity index (χ3n) is 2.73. The van der Waals surface area contributed by atoms with Crippen molar-refractivity contribution < 1.29 is 9.32 Å². The molecule has 0 aromatic carbocycles. The lowest BCUT2D eigenvalue weighted by Gasteiger charge is -2.08. The molecule has 0 saturated carbocycles. The largest absolute Gasteiger partial charge is 0.359 e. The molecule has 2 heterocycles. The van der Waals surface area contributed by atoms with E-state index in [-0.39, 0.29) is 11.9 Å². The van der Waals surface area contributed by atoms with Gasteiger partial charge in [0.25, 0.3) is 0 Å². The van der Waals surface area contributed by atoms with E-state index in [9.17, 15) is 4.79 Å². The van der Waals surface area contributed by atoms with E-state index < -0.39 is 0 Å². The average Bonchev–Trinajstić information content (AvgIpc) is 2.95. The normalized spacial score (nSPS) is 18.5. The highest BCUT2D eigenvalue weighted by atomic mass is 16.5. The van der Waals surface area contributed by atoms with Gasteiger partial charge >= 0.3 is 0 Å². The molecule has 0 spiro atoms. The molecule has 1 aliphatic heterocycles. The Balaban J connectivity index is 1.80. The van der Waals surface area contributed by atoms with Crippen molar-refractivity contribution in [3.63, 3.8) is 0 Å². The van der Waals surface area contributed by atoms with Crippen molar-refractivity contribution in [3.8, 4) is 0 Å². The van der Waals surface area contributed by atoms with Gasteiger partial charge in [0.2, 0.25) is 5.91 Å². The van der Waals surface area contributed by atoms with Crippen molar-refractivity contribution >= 4 is 5.91 Å². The van der Waals surface area contributed by atoms with E-state index in [4.69, 9.17) is 4.52 Å². The van der Waals surface area contributed by atoms with Crippen LogP contribution in [0.15, 0.2) is 22.7 Å². The third kappa shape index (κ3) is 3.43. The van der Waals surface area contributed by atoms with Crippen molar-refractivity contribution in [2.45, 2.75) is 32.9 Å². The third-order valence-corrected chi connectivity index (χ3v) is 2.73. The predicted octanol–water partition coefficient (Wildman–Crippen LogP) is 1.02. The van der Waals surface area contributed by atoms with Crippen molar-refractivity contribution in [1.29, 1.82) is 0 Å². The fraction of sp³-hybridized carbons (Fsp3) is 0.538. The highest BCUT2D eigenvalue weighted by molar-refractivity contribution is 5.84. The second kappa shape index (κ2) is 5.82. The number of hydrogen-bond donors (Lipinski definition) is 2. The summed E-state index contributed by atoms with van der Waals surface area (Å²) in [6.45, 7) is 5.40. The number of nitrogens with zero attached hydrogens (tertiary/aromatic N) is 1. The number of amides is 1. The van der Waals surface area contributed by atoms with E-state index in [0.29, 0.717) is 18.2 Å². The zero-order valence-corrected chi connectivity index (χ0v) is 10.8. The van der Waals surface area contributed by atoms with Crippen LogP contribution in [0.2, 0.25) is 0 Å². The molecule has 1 amide bonds. The summed E-state index contributed by atoms with van der Waals surface area (Å²) in [6, 6.07) is 1.68. The van der Waals surface area contributed by atoms with Crippen LogP contribution in [-0.2, 0) is 17.8 Å². The standard InChI is InChI=1S/C13H19N3O2/c1-9(2)6-10-7-11(18-16-10)8-15-13(17)12-4-3-5-14-12/h3-4,7,9,12,14H,5-6,8H2,1-2H3,(H,15,17). The highest BCUT2D eigenvalue weighted by Gasteiger charge is 2.17. The molecule has 0 saturated heterocycles. The Morgan fingerprint density at radius 3 is 3.17 bits per heavy atom. The summed E-state index contributed by atoms with van der Waals surface area (Å²) in [6.07, 6.45) is 4.70. The predicted molar refractivity (Wildman–Crippen MR) is 67.8 cm³/mol. The molecule has 0 fully saturated rings. The SMILES string of the molecule is CC(C)Cc1cc(CNC(=O)C2C=CCN2)on1. The topological polar surface area (TPSA) is 67.2 Å². The van der Waals surface area contributed by atoms with Crippen molar-refractivity contribution in [1.82, 2.24) is 15.8 Å². The van der Waals surface area contributed by atoms with Crippen LogP contribution < -0.4 is 10.6 Å². The van der Waals surface area contributed by atoms with Gasteiger partial charge in [-0.25, -0.2) is 0 Å². The first-order valence-electron chi connectivity index (χ1n) is 6.27. The van der Waals surface area contributed by atoms with Crippen LogP contribution in [0.1, 0.15) is 25.3 Å². The maximum absolute atomic E-state index is 11.7. The molecule has 2 N–H and O–H groups in total. The molecule has 0 bridgehead atoms. The smallest absolute Gasteiger partial charge is 0.241 e. The molecule has 18 heavy (non-hydrogen) atoms. The molecule has 2 rings (SSSR count). The molecule has 1 aliphatic rings. The van der Waals surface area contributed by atoms with Gasteiger partial charge in [-0.05, 0) is 12.3 Å². The lowest BCUT2D eigenvalue weighted by atomic mass is 10.1. The molecular weight excluding hydrogens is 230 g/mol. The minimum Gasteiger partial charge on any atom is -0.359 e. The summed E-state index contributed by atoms with van der Waals surface area (Å²) in [5.41, 5.74) is 0.938. The Kier molecular flexibility index (Phi) is 4.15. The molecule has 5 heteroatoms. The number of hydrogen-bond acceptors (Lipinski definition) is 4. The van der Waals surface area contributed by atoms with Crippen molar-refractivity contribution in [2.75, 3.05) is 6.54 Å². The Morgan fingerprint density at radius 2 is 2.50 bits per heavy atom. The van der Waals surface area contributed by atoms with Gasteiger partial charge in [0, 0.05) is 12.6 Å². The molecular formula is C13H19N3O2. The van der Waals surface area contributed by atoms with Gasteiger partial charge in [-0.1, -0.05) is 31.2 Å². The van der Waals surface area contributed by atoms with Gasteiger partial charge < -0.3 is 9.84 Å². The van der Waals surface area contributed by atoms with Gasteiger partial charge in [-0.2, -0.15) is 0 Å². The Labute approximate surface area is 107 Å². The minimum atomic E-state index is -0.219. The maximum atomic E-state index is 11.7. The van der Waals surface area contributed by atoms with E-state index in [1.807, 2.05) is 18.2 Å². The zero-order chi connectivity index (χ0) is 13.0. The second-order valence-corrected chi connectivity index (χ2v) is 4.91. The summed E-state index contributed by atoms with van der Waals surface area (Å²) < 4.78 is 5.18. The van der Waals surface area contributed by atoms with Crippen LogP contribution >= 0.6 is 0 Å². The maximum Gasteiger partial charge on any atom is 0.241 e. The van der Waals surface area contributed by atoms with Gasteiger partial charge in [-0.15, -0.1) is 0 Å². The lowest BCUT2D eigenvalue weighted by molar-refractivity contribution is -0.122. The van der Waals surface area contributed by atoms with E-state index in [0.717, 1.165) is 18.7 Å². The summed E-state index contributed by atoms with van der Waals surface area (Å²) in [4.78, 5) is 11.7. The van der Waals surface area contributed by atoms with Gasteiger partial charge in [0.15, 0.2) is 5.76 Å². The fourth-order valence-electron chi connectivity index (χ4n) is 1.89. The summed E-state index contributed by atoms with van der Waals surface area (Å²) in [7, 11) is 0. The molecule has 1 aromatic rings. The Hall–Kier alpha value is -1.62. The first kappa shape index (κ1) is 12.8. The molecule has 1 unspecified atom stereocenters. The Bertz CT molecular complexity index is 437. The van der Waals surface area contributed by atoms with E-state index in [1.165, 1.54) is 0 Å². The van der Waals surface area contributed by atoms with Crippen LogP contribution in [-0.4, -0.2) is 23.7 Å². The summed E-state index contributed by atoms with van der Waals surface area (Å²) in [5.74, 6) is 1.21. The van der Waals surface area contributed by atoms with Gasteiger partial charge in [0.1, 0.15) is 6.04 Å². The lowest BCUT2D eigenvalue weighted by Crippen LogP contribution is -2.40. The number of nitrogens with one attached hydrogen (secondary N) is 2. The summed E-state index contributed by atoms with van der Waals surface area (Å²) in [5, 5.41) is 9.85. The van der Waals surface area contributed by atoms with E-state index in [2.05, 4.69) is 29.6 Å². The van der Waals surface area contributed by atoms with Crippen molar-refractivity contribution in [3.05, 3.63) is 29.7 Å². The van der Waals surface area contributed by atoms with Gasteiger partial charge in [-0.3, -0.25) is 10.1 Å². The molecule has 98 valence electrons. The number of carbonyl (C=O) groups excluding carboxylic acids is 1. The van der Waals surface area contributed by atoms with E-state index in [1.54, 1.807) is 0 Å². The number of carbonyl (C=O) groups is 1. The van der Waals surface area contributed by atoms with E-state index >= 15 is 0 Å². The van der Waals surface area contributed by atoms with Crippen LogP contribution in [0.5, 0.6) is 0 Å². The molecule has 5 nitrogen and oxygen atoms in total. The first-order valence-corrected chi connectivity index (χ1v) is 6.27. The average molecular weight is 249 g/mol. The van der Waals surface area contributed by atoms with Gasteiger partial charge in [0.05, 0.1) is 12.2 Å². The zero-order valence-electron chi connectivity index (χ0n) is 10.8. The van der Waals surface area contributed by atoms with Crippen LogP contribution in [0.4, 0.5) is 0 Å². The molecule has 0 aliphatic carbocycles. The van der Waals surface area contributed by atoms with Crippen LogP contribution in [0.3, 0.4) is 0 Å². The van der Waals surface area contributed by atoms with Crippen molar-refractivity contribution in [2.24, 2.45) is 5.92 Å². The van der Waals surface area contributed by atoms with Crippen LogP contribution in [0.25, 0.3) is 0 Å². The number of rotatable bonds is 5. The molecule has 0 radical (unpaired) electrons. The minimum absolute atomic E-state index is 0.0365. The second-order valence-electron chi connectivity index (χ2n) is 4.91. The monoisotopic (exact) mass is 249 g/mol. The summed E-state index contributed by atoms with van der Waals surface area (Å²) >= 11 is 0. The van der Waals surface area contributed by atoms with Crippen LogP contribution in [0, 0.1) is 5.92 Å². The molecule has 1 atom stereocenters. The first-order chi connectivity index (χ1) is 8.65.